The van der Waals surface area contributed by atoms with Gasteiger partial charge in [0, 0.05) is 40.9 Å². The maximum absolute atomic E-state index is 13.8. The van der Waals surface area contributed by atoms with Crippen molar-refractivity contribution in [3.05, 3.63) is 92.9 Å². The normalized spacial score (nSPS) is 24.5. The van der Waals surface area contributed by atoms with Crippen LogP contribution in [0.15, 0.2) is 65.3 Å². The number of rotatable bonds is 4. The van der Waals surface area contributed by atoms with Gasteiger partial charge in [-0.1, -0.05) is 23.7 Å². The van der Waals surface area contributed by atoms with E-state index in [4.69, 9.17) is 16.0 Å². The minimum Gasteiger partial charge on any atom is -0.461 e. The van der Waals surface area contributed by atoms with Crippen LogP contribution in [0.25, 0.3) is 0 Å². The van der Waals surface area contributed by atoms with Gasteiger partial charge in [0.15, 0.2) is 5.76 Å². The highest BCUT2D eigenvalue weighted by Crippen LogP contribution is 2.56. The highest BCUT2D eigenvalue weighted by molar-refractivity contribution is 6.31. The number of nitrogens with one attached hydrogen (secondary N) is 1. The van der Waals surface area contributed by atoms with Gasteiger partial charge in [0.25, 0.3) is 5.69 Å². The fraction of sp³-hybridized carbons (Fsp3) is 0.217. The standard InChI is InChI=1S/C23H18ClN3O5/c1-26-12-16(13-4-2-5-15(10-13)27(30)31)20(21(28)19-6-3-9-32-19)23(26)17-11-14(24)7-8-18(17)25-22(23)29/h2-11,16,20H,12H2,1H3,(H,25,29)/t16-,20?,23-/m1/s1. The smallest absolute Gasteiger partial charge is 0.269 e. The first kappa shape index (κ1) is 20.4. The van der Waals surface area contributed by atoms with Crippen LogP contribution in [0.2, 0.25) is 5.02 Å². The summed E-state index contributed by atoms with van der Waals surface area (Å²) in [5, 5.41) is 14.7. The Morgan fingerprint density at radius 3 is 2.78 bits per heavy atom. The minimum atomic E-state index is -1.33. The highest BCUT2D eigenvalue weighted by atomic mass is 35.5. The summed E-state index contributed by atoms with van der Waals surface area (Å²) in [4.78, 5) is 40.0. The third-order valence-corrected chi connectivity index (χ3v) is 6.70. The number of benzene rings is 2. The number of amides is 1. The summed E-state index contributed by atoms with van der Waals surface area (Å²) in [5.41, 5.74) is 0.392. The van der Waals surface area contributed by atoms with E-state index in [2.05, 4.69) is 5.32 Å². The molecule has 0 bridgehead atoms. The van der Waals surface area contributed by atoms with Gasteiger partial charge >= 0.3 is 0 Å². The summed E-state index contributed by atoms with van der Waals surface area (Å²) in [6.07, 6.45) is 1.40. The van der Waals surface area contributed by atoms with Crippen molar-refractivity contribution in [2.24, 2.45) is 5.92 Å². The third-order valence-electron chi connectivity index (χ3n) is 6.47. The molecule has 9 heteroatoms. The Kier molecular flexibility index (Phi) is 4.65. The van der Waals surface area contributed by atoms with Crippen LogP contribution in [0.1, 0.15) is 27.6 Å². The fourth-order valence-electron chi connectivity index (χ4n) is 5.15. The molecule has 2 aliphatic heterocycles. The number of non-ortho nitro benzene ring substituents is 1. The van der Waals surface area contributed by atoms with Crippen LogP contribution in [-0.2, 0) is 10.3 Å². The monoisotopic (exact) mass is 451 g/mol. The second kappa shape index (κ2) is 7.29. The largest absolute Gasteiger partial charge is 0.461 e. The lowest BCUT2D eigenvalue weighted by Crippen LogP contribution is -2.51. The number of hydrogen-bond acceptors (Lipinski definition) is 6. The SMILES string of the molecule is CN1C[C@H](c2cccc([N+](=O)[O-])c2)C(C(=O)c2ccco2)[C@]12C(=O)Nc1ccc(Cl)cc12. The number of Topliss-reactive ketones (excluding diaryl/α,β-unsaturated/α-hetero) is 1. The number of carbonyl (C=O) groups is 2. The molecule has 162 valence electrons. The van der Waals surface area contributed by atoms with E-state index in [9.17, 15) is 19.7 Å². The molecule has 8 nitrogen and oxygen atoms in total. The Morgan fingerprint density at radius 1 is 1.25 bits per heavy atom. The van der Waals surface area contributed by atoms with Crippen LogP contribution < -0.4 is 5.32 Å². The highest BCUT2D eigenvalue weighted by Gasteiger charge is 2.64. The molecule has 1 fully saturated rings. The van der Waals surface area contributed by atoms with Gasteiger partial charge in [0.2, 0.25) is 11.7 Å². The number of nitro benzene ring substituents is 1. The van der Waals surface area contributed by atoms with Gasteiger partial charge in [-0.05, 0) is 42.9 Å². The molecule has 1 saturated heterocycles. The molecule has 0 aliphatic carbocycles. The summed E-state index contributed by atoms with van der Waals surface area (Å²) in [7, 11) is 1.77. The van der Waals surface area contributed by atoms with Gasteiger partial charge in [0.1, 0.15) is 5.54 Å². The van der Waals surface area contributed by atoms with E-state index < -0.39 is 22.3 Å². The molecule has 3 heterocycles. The van der Waals surface area contributed by atoms with Crippen LogP contribution in [-0.4, -0.2) is 35.1 Å². The van der Waals surface area contributed by atoms with E-state index >= 15 is 0 Å². The number of ketones is 1. The molecule has 0 radical (unpaired) electrons. The molecular formula is C23H18ClN3O5. The summed E-state index contributed by atoms with van der Waals surface area (Å²) >= 11 is 6.28. The first-order valence-corrected chi connectivity index (χ1v) is 10.4. The van der Waals surface area contributed by atoms with E-state index in [1.165, 1.54) is 18.4 Å². The van der Waals surface area contributed by atoms with E-state index in [-0.39, 0.29) is 23.1 Å². The van der Waals surface area contributed by atoms with Crippen LogP contribution in [0.5, 0.6) is 0 Å². The molecule has 1 unspecified atom stereocenters. The number of fused-ring (bicyclic) bond motifs is 2. The van der Waals surface area contributed by atoms with E-state index in [1.54, 1.807) is 49.5 Å². The molecule has 2 aliphatic rings. The fourth-order valence-corrected chi connectivity index (χ4v) is 5.32. The van der Waals surface area contributed by atoms with Gasteiger partial charge in [-0.3, -0.25) is 24.6 Å². The van der Waals surface area contributed by atoms with E-state index in [0.29, 0.717) is 28.4 Å². The molecule has 0 saturated carbocycles. The zero-order valence-corrected chi connectivity index (χ0v) is 17.7. The summed E-state index contributed by atoms with van der Waals surface area (Å²) in [6.45, 7) is 0.331. The third kappa shape index (κ3) is 2.80. The Balaban J connectivity index is 1.74. The maximum atomic E-state index is 13.8. The minimum absolute atomic E-state index is 0.0744. The molecule has 32 heavy (non-hydrogen) atoms. The lowest BCUT2D eigenvalue weighted by molar-refractivity contribution is -0.384. The molecule has 3 aromatic rings. The topological polar surface area (TPSA) is 106 Å². The number of likely N-dealkylation sites (tertiary alicyclic amines) is 1. The predicted octanol–water partition coefficient (Wildman–Crippen LogP) is 4.22. The van der Waals surface area contributed by atoms with Gasteiger partial charge < -0.3 is 9.73 Å². The predicted molar refractivity (Wildman–Crippen MR) is 117 cm³/mol. The molecule has 1 N–H and O–H groups in total. The number of hydrogen-bond donors (Lipinski definition) is 1. The lowest BCUT2D eigenvalue weighted by Gasteiger charge is -2.35. The number of likely N-dealkylation sites (N-methyl/N-ethyl adjacent to an activating group) is 1. The van der Waals surface area contributed by atoms with Crippen molar-refractivity contribution >= 4 is 34.7 Å². The number of carbonyl (C=O) groups excluding carboxylic acids is 2. The summed E-state index contributed by atoms with van der Waals surface area (Å²) < 4.78 is 5.40. The van der Waals surface area contributed by atoms with Gasteiger partial charge in [-0.15, -0.1) is 0 Å². The molecule has 2 aromatic carbocycles. The lowest BCUT2D eigenvalue weighted by atomic mass is 9.71. The summed E-state index contributed by atoms with van der Waals surface area (Å²) in [5.74, 6) is -1.94. The zero-order valence-electron chi connectivity index (χ0n) is 16.9. The number of anilines is 1. The quantitative estimate of drug-likeness (QED) is 0.361. The Labute approximate surface area is 187 Å². The van der Waals surface area contributed by atoms with Crippen molar-refractivity contribution in [1.82, 2.24) is 4.90 Å². The van der Waals surface area contributed by atoms with Crippen LogP contribution in [0.4, 0.5) is 11.4 Å². The van der Waals surface area contributed by atoms with Crippen molar-refractivity contribution in [2.75, 3.05) is 18.9 Å². The van der Waals surface area contributed by atoms with E-state index in [0.717, 1.165) is 0 Å². The maximum Gasteiger partial charge on any atom is 0.269 e. The number of furan rings is 1. The molecule has 1 amide bonds. The van der Waals surface area contributed by atoms with Crippen molar-refractivity contribution in [2.45, 2.75) is 11.5 Å². The van der Waals surface area contributed by atoms with Crippen LogP contribution in [0, 0.1) is 16.0 Å². The van der Waals surface area contributed by atoms with Crippen LogP contribution >= 0.6 is 11.6 Å². The Morgan fingerprint density at radius 2 is 2.06 bits per heavy atom. The molecular weight excluding hydrogens is 434 g/mol. The average molecular weight is 452 g/mol. The number of halogens is 1. The summed E-state index contributed by atoms with van der Waals surface area (Å²) in [6, 6.07) is 14.5. The molecule has 1 aromatic heterocycles. The molecule has 1 spiro atoms. The van der Waals surface area contributed by atoms with E-state index in [1.807, 2.05) is 4.90 Å². The van der Waals surface area contributed by atoms with Gasteiger partial charge in [-0.2, -0.15) is 0 Å². The molecule has 5 rings (SSSR count). The second-order valence-corrected chi connectivity index (χ2v) is 8.51. The van der Waals surface area contributed by atoms with Gasteiger partial charge in [0.05, 0.1) is 17.1 Å². The zero-order chi connectivity index (χ0) is 22.6. The van der Waals surface area contributed by atoms with Crippen molar-refractivity contribution in [3.8, 4) is 0 Å². The van der Waals surface area contributed by atoms with Crippen LogP contribution in [0.3, 0.4) is 0 Å². The van der Waals surface area contributed by atoms with Crippen molar-refractivity contribution in [3.63, 3.8) is 0 Å². The first-order chi connectivity index (χ1) is 15.3. The molecule has 3 atom stereocenters. The van der Waals surface area contributed by atoms with Crippen molar-refractivity contribution < 1.29 is 18.9 Å². The average Bonchev–Trinajstić information content (AvgIpc) is 3.47. The number of nitro groups is 1. The first-order valence-electron chi connectivity index (χ1n) is 9.99. The van der Waals surface area contributed by atoms with Gasteiger partial charge in [-0.25, -0.2) is 0 Å². The Hall–Kier alpha value is -3.49. The number of nitrogens with zero attached hydrogens (tertiary/aromatic N) is 2. The Bertz CT molecular complexity index is 1260. The van der Waals surface area contributed by atoms with Crippen molar-refractivity contribution in [1.29, 1.82) is 0 Å². The second-order valence-electron chi connectivity index (χ2n) is 8.07.